The fourth-order valence-electron chi connectivity index (χ4n) is 9.33. The van der Waals surface area contributed by atoms with Gasteiger partial charge in [0.05, 0.1) is 42.8 Å². The number of likely N-dealkylation sites (tertiary alicyclic amines) is 1. The van der Waals surface area contributed by atoms with Crippen molar-refractivity contribution in [2.75, 3.05) is 58.9 Å². The summed E-state index contributed by atoms with van der Waals surface area (Å²) < 4.78 is 13.2. The number of piperidine rings is 1. The number of aromatic nitrogens is 2. The van der Waals surface area contributed by atoms with Crippen LogP contribution in [0.3, 0.4) is 0 Å². The molecule has 59 heavy (non-hydrogen) atoms. The first-order valence-corrected chi connectivity index (χ1v) is 20.2. The first kappa shape index (κ1) is 39.7. The molecule has 0 aliphatic carbocycles. The van der Waals surface area contributed by atoms with Gasteiger partial charge in [0.1, 0.15) is 17.5 Å². The van der Waals surface area contributed by atoms with Crippen LogP contribution in [0.1, 0.15) is 71.2 Å². The second-order valence-corrected chi connectivity index (χ2v) is 16.3. The van der Waals surface area contributed by atoms with Gasteiger partial charge in [-0.2, -0.15) is 0 Å². The second-order valence-electron chi connectivity index (χ2n) is 16.3. The van der Waals surface area contributed by atoms with Crippen LogP contribution in [-0.2, 0) is 28.0 Å². The normalized spacial score (nSPS) is 20.5. The number of fused-ring (bicyclic) bond motifs is 2. The standard InChI is InChI=1S/C44H49N7O8/c1-47(24-34-36(58-3)19-27(20-37(34)59-4)33-23-48(2)41(55)32-22-45-15-12-29(32)33)39(53)7-5-6-16-49-17-13-44(25-49)14-18-50(26-44)28-8-9-30-31(21-28)43(57)51(42(30)56)35-10-11-38(52)46-40(35)54/h8-9,12,15,19-23,35H,5-7,10-11,13-14,16-18,24-26H2,1-4H3,(H,46,52,54). The van der Waals surface area contributed by atoms with Gasteiger partial charge in [0, 0.05) is 81.8 Å². The third-order valence-corrected chi connectivity index (χ3v) is 12.6. The number of rotatable bonds is 12. The maximum atomic E-state index is 13.4. The van der Waals surface area contributed by atoms with Crippen molar-refractivity contribution in [2.24, 2.45) is 12.5 Å². The lowest BCUT2D eigenvalue weighted by Crippen LogP contribution is -2.54. The number of hydrogen-bond donors (Lipinski definition) is 1. The number of amides is 5. The van der Waals surface area contributed by atoms with E-state index in [1.807, 2.05) is 24.3 Å². The average molecular weight is 804 g/mol. The minimum atomic E-state index is -0.986. The number of nitrogens with zero attached hydrogens (tertiary/aromatic N) is 6. The summed E-state index contributed by atoms with van der Waals surface area (Å²) in [6, 6.07) is 10.0. The first-order chi connectivity index (χ1) is 28.4. The van der Waals surface area contributed by atoms with E-state index in [1.54, 1.807) is 63.9 Å². The lowest BCUT2D eigenvalue weighted by molar-refractivity contribution is -0.136. The molecule has 308 valence electrons. The van der Waals surface area contributed by atoms with Crippen LogP contribution in [0.15, 0.2) is 59.8 Å². The molecule has 4 aliphatic rings. The molecule has 5 amide bonds. The van der Waals surface area contributed by atoms with Crippen molar-refractivity contribution >= 4 is 46.0 Å². The Balaban J connectivity index is 0.834. The second kappa shape index (κ2) is 15.9. The van der Waals surface area contributed by atoms with E-state index < -0.39 is 29.7 Å². The van der Waals surface area contributed by atoms with Gasteiger partial charge >= 0.3 is 0 Å². The number of aryl methyl sites for hydroxylation is 1. The molecule has 2 unspecified atom stereocenters. The Morgan fingerprint density at radius 3 is 2.41 bits per heavy atom. The van der Waals surface area contributed by atoms with E-state index in [0.717, 1.165) is 91.1 Å². The molecular formula is C44H49N7O8. The predicted octanol–water partition coefficient (Wildman–Crippen LogP) is 3.75. The minimum Gasteiger partial charge on any atom is -0.496 e. The highest BCUT2D eigenvalue weighted by molar-refractivity contribution is 6.23. The van der Waals surface area contributed by atoms with E-state index in [-0.39, 0.29) is 35.3 Å². The average Bonchev–Trinajstić information content (AvgIpc) is 3.92. The van der Waals surface area contributed by atoms with Gasteiger partial charge in [-0.05, 0) is 92.5 Å². The molecule has 2 aromatic heterocycles. The molecular weight excluding hydrogens is 755 g/mol. The predicted molar refractivity (Wildman–Crippen MR) is 219 cm³/mol. The summed E-state index contributed by atoms with van der Waals surface area (Å²) in [5, 5.41) is 3.54. The van der Waals surface area contributed by atoms with Crippen LogP contribution < -0.4 is 25.2 Å². The minimum absolute atomic E-state index is 0.0359. The summed E-state index contributed by atoms with van der Waals surface area (Å²) in [5.74, 6) is -0.804. The van der Waals surface area contributed by atoms with Gasteiger partial charge < -0.3 is 28.7 Å². The van der Waals surface area contributed by atoms with Crippen molar-refractivity contribution in [1.82, 2.24) is 29.6 Å². The summed E-state index contributed by atoms with van der Waals surface area (Å²) >= 11 is 0. The molecule has 2 atom stereocenters. The van der Waals surface area contributed by atoms with Gasteiger partial charge in [-0.25, -0.2) is 0 Å². The van der Waals surface area contributed by atoms with Gasteiger partial charge in [-0.1, -0.05) is 0 Å². The number of unbranched alkanes of at least 4 members (excludes halogenated alkanes) is 1. The van der Waals surface area contributed by atoms with Crippen LogP contribution in [0, 0.1) is 5.41 Å². The molecule has 4 aliphatic heterocycles. The molecule has 15 nitrogen and oxygen atoms in total. The van der Waals surface area contributed by atoms with Crippen molar-refractivity contribution in [3.63, 3.8) is 0 Å². The molecule has 1 spiro atoms. The fraction of sp³-hybridized carbons (Fsp3) is 0.432. The zero-order chi connectivity index (χ0) is 41.6. The molecule has 15 heteroatoms. The molecule has 1 N–H and O–H groups in total. The molecule has 3 fully saturated rings. The van der Waals surface area contributed by atoms with Gasteiger partial charge in [0.2, 0.25) is 17.7 Å². The molecule has 2 aromatic carbocycles. The number of pyridine rings is 2. The van der Waals surface area contributed by atoms with Crippen LogP contribution in [0.25, 0.3) is 21.9 Å². The lowest BCUT2D eigenvalue weighted by Gasteiger charge is -2.27. The number of nitrogens with one attached hydrogen (secondary N) is 1. The van der Waals surface area contributed by atoms with Crippen LogP contribution >= 0.6 is 0 Å². The fourth-order valence-corrected chi connectivity index (χ4v) is 9.33. The van der Waals surface area contributed by atoms with Gasteiger partial charge in [-0.3, -0.25) is 44.0 Å². The maximum absolute atomic E-state index is 13.4. The van der Waals surface area contributed by atoms with Crippen molar-refractivity contribution < 1.29 is 33.4 Å². The molecule has 4 aromatic rings. The van der Waals surface area contributed by atoms with Crippen LogP contribution in [-0.4, -0.2) is 114 Å². The van der Waals surface area contributed by atoms with Crippen LogP contribution in [0.5, 0.6) is 11.5 Å². The van der Waals surface area contributed by atoms with Gasteiger partial charge in [0.25, 0.3) is 17.4 Å². The first-order valence-electron chi connectivity index (χ1n) is 20.2. The maximum Gasteiger partial charge on any atom is 0.262 e. The van der Waals surface area contributed by atoms with E-state index in [0.29, 0.717) is 35.4 Å². The Bertz CT molecular complexity index is 2420. The summed E-state index contributed by atoms with van der Waals surface area (Å²) in [6.45, 7) is 4.85. The summed E-state index contributed by atoms with van der Waals surface area (Å²) in [5.41, 5.74) is 3.88. The highest BCUT2D eigenvalue weighted by atomic mass is 16.5. The Hall–Kier alpha value is -6.09. The van der Waals surface area contributed by atoms with Crippen molar-refractivity contribution in [2.45, 2.75) is 57.5 Å². The molecule has 6 heterocycles. The number of carbonyl (C=O) groups excluding carboxylic acids is 5. The van der Waals surface area contributed by atoms with E-state index in [9.17, 15) is 28.8 Å². The number of benzene rings is 2. The van der Waals surface area contributed by atoms with Gasteiger partial charge in [0.15, 0.2) is 0 Å². The summed E-state index contributed by atoms with van der Waals surface area (Å²) in [4.78, 5) is 88.5. The Morgan fingerprint density at radius 2 is 1.66 bits per heavy atom. The quantitative estimate of drug-likeness (QED) is 0.164. The number of imide groups is 2. The Morgan fingerprint density at radius 1 is 0.915 bits per heavy atom. The third kappa shape index (κ3) is 7.43. The van der Waals surface area contributed by atoms with E-state index in [1.165, 1.54) is 4.57 Å². The molecule has 3 saturated heterocycles. The smallest absolute Gasteiger partial charge is 0.262 e. The largest absolute Gasteiger partial charge is 0.496 e. The lowest BCUT2D eigenvalue weighted by atomic mass is 9.86. The number of methoxy groups -OCH3 is 2. The number of hydrogen-bond acceptors (Lipinski definition) is 11. The van der Waals surface area contributed by atoms with E-state index >= 15 is 0 Å². The highest BCUT2D eigenvalue weighted by Gasteiger charge is 2.46. The molecule has 0 radical (unpaired) electrons. The van der Waals surface area contributed by atoms with Crippen molar-refractivity contribution in [3.05, 3.63) is 82.0 Å². The number of carbonyl (C=O) groups is 5. The van der Waals surface area contributed by atoms with Crippen molar-refractivity contribution in [3.8, 4) is 22.6 Å². The van der Waals surface area contributed by atoms with Gasteiger partial charge in [-0.15, -0.1) is 0 Å². The summed E-state index contributed by atoms with van der Waals surface area (Å²) in [6.07, 6.45) is 9.41. The zero-order valence-electron chi connectivity index (χ0n) is 33.9. The number of ether oxygens (including phenoxy) is 2. The van der Waals surface area contributed by atoms with Crippen molar-refractivity contribution in [1.29, 1.82) is 0 Å². The molecule has 0 saturated carbocycles. The number of anilines is 1. The summed E-state index contributed by atoms with van der Waals surface area (Å²) in [7, 11) is 6.69. The van der Waals surface area contributed by atoms with Crippen LogP contribution in [0.4, 0.5) is 5.69 Å². The van der Waals surface area contributed by atoms with E-state index in [2.05, 4.69) is 20.1 Å². The Kier molecular flexibility index (Phi) is 10.7. The monoisotopic (exact) mass is 803 g/mol. The molecule has 8 rings (SSSR count). The SMILES string of the molecule is COc1cc(-c2cn(C)c(=O)c3cnccc23)cc(OC)c1CN(C)C(=O)CCCCN1CCC2(CCN(c3ccc4c(c3)C(=O)N(C3CCC(=O)NC3=O)C4=O)C2)C1. The third-order valence-electron chi connectivity index (χ3n) is 12.6. The zero-order valence-corrected chi connectivity index (χ0v) is 33.9. The highest BCUT2D eigenvalue weighted by Crippen LogP contribution is 2.42. The topological polar surface area (TPSA) is 164 Å². The Labute approximate surface area is 341 Å². The molecule has 0 bridgehead atoms. The van der Waals surface area contributed by atoms with E-state index in [4.69, 9.17) is 9.47 Å². The van der Waals surface area contributed by atoms with Crippen LogP contribution in [0.2, 0.25) is 0 Å².